The van der Waals surface area contributed by atoms with Crippen LogP contribution < -0.4 is 16.0 Å². The van der Waals surface area contributed by atoms with E-state index in [4.69, 9.17) is 5.84 Å². The standard InChI is InChI=1S/C14H17N5O2S/c1-3-4-12-14(16-9-13(17-12)18-15)19-22(20,21)11-7-5-10(2)6-8-11/h3-9H,15H2,1-2H3,(H,16,19)(H,17,18)/b4-3-. The number of nitrogens with two attached hydrogens (primary N) is 1. The van der Waals surface area contributed by atoms with E-state index >= 15 is 0 Å². The van der Waals surface area contributed by atoms with E-state index in [1.807, 2.05) is 6.92 Å². The molecule has 7 nitrogen and oxygen atoms in total. The predicted molar refractivity (Wildman–Crippen MR) is 86.5 cm³/mol. The number of nitrogen functional groups attached to an aromatic ring is 1. The summed E-state index contributed by atoms with van der Waals surface area (Å²) in [6.45, 7) is 3.68. The lowest BCUT2D eigenvalue weighted by molar-refractivity contribution is 0.601. The van der Waals surface area contributed by atoms with Crippen molar-refractivity contribution in [2.24, 2.45) is 5.84 Å². The Hall–Kier alpha value is -2.45. The molecule has 0 aliphatic carbocycles. The molecule has 0 bridgehead atoms. The number of aromatic nitrogens is 2. The normalized spacial score (nSPS) is 11.6. The number of anilines is 2. The van der Waals surface area contributed by atoms with Gasteiger partial charge in [-0.05, 0) is 32.1 Å². The molecule has 0 atom stereocenters. The quantitative estimate of drug-likeness (QED) is 0.573. The van der Waals surface area contributed by atoms with E-state index in [0.717, 1.165) is 5.56 Å². The smallest absolute Gasteiger partial charge is 0.263 e. The summed E-state index contributed by atoms with van der Waals surface area (Å²) in [4.78, 5) is 8.37. The van der Waals surface area contributed by atoms with Gasteiger partial charge >= 0.3 is 0 Å². The van der Waals surface area contributed by atoms with Gasteiger partial charge in [0.25, 0.3) is 10.0 Å². The number of benzene rings is 1. The van der Waals surface area contributed by atoms with E-state index in [-0.39, 0.29) is 10.7 Å². The maximum absolute atomic E-state index is 12.4. The summed E-state index contributed by atoms with van der Waals surface area (Å²) < 4.78 is 27.2. The number of hydrazine groups is 1. The number of rotatable bonds is 5. The third-order valence-electron chi connectivity index (χ3n) is 2.83. The van der Waals surface area contributed by atoms with Gasteiger partial charge in [0.2, 0.25) is 0 Å². The average molecular weight is 319 g/mol. The van der Waals surface area contributed by atoms with Gasteiger partial charge in [-0.3, -0.25) is 4.72 Å². The van der Waals surface area contributed by atoms with E-state index in [9.17, 15) is 8.42 Å². The molecular formula is C14H17N5O2S. The van der Waals surface area contributed by atoms with Crippen LogP contribution in [-0.4, -0.2) is 18.4 Å². The first-order valence-electron chi connectivity index (χ1n) is 6.52. The Kier molecular flexibility index (Phi) is 4.74. The second kappa shape index (κ2) is 6.54. The van der Waals surface area contributed by atoms with Crippen LogP contribution in [0.15, 0.2) is 41.4 Å². The monoisotopic (exact) mass is 319 g/mol. The molecule has 1 aromatic carbocycles. The highest BCUT2D eigenvalue weighted by atomic mass is 32.2. The summed E-state index contributed by atoms with van der Waals surface area (Å²) in [5, 5.41) is 0. The van der Waals surface area contributed by atoms with E-state index in [1.165, 1.54) is 18.3 Å². The zero-order chi connectivity index (χ0) is 16.2. The van der Waals surface area contributed by atoms with E-state index in [0.29, 0.717) is 11.5 Å². The van der Waals surface area contributed by atoms with Crippen LogP contribution in [0, 0.1) is 6.92 Å². The molecule has 0 saturated heterocycles. The fourth-order valence-corrected chi connectivity index (χ4v) is 2.75. The molecule has 0 aliphatic rings. The highest BCUT2D eigenvalue weighted by molar-refractivity contribution is 7.92. The Morgan fingerprint density at radius 2 is 1.91 bits per heavy atom. The molecule has 0 fully saturated rings. The van der Waals surface area contributed by atoms with Crippen LogP contribution in [0.2, 0.25) is 0 Å². The molecule has 2 aromatic rings. The Labute approximate surface area is 129 Å². The minimum absolute atomic E-state index is 0.137. The topological polar surface area (TPSA) is 110 Å². The Morgan fingerprint density at radius 1 is 1.23 bits per heavy atom. The van der Waals surface area contributed by atoms with Gasteiger partial charge in [0.1, 0.15) is 5.69 Å². The minimum atomic E-state index is -3.73. The summed E-state index contributed by atoms with van der Waals surface area (Å²) in [7, 11) is -3.73. The Balaban J connectivity index is 2.38. The Bertz CT molecular complexity index is 785. The molecule has 22 heavy (non-hydrogen) atoms. The molecule has 4 N–H and O–H groups in total. The molecule has 0 aliphatic heterocycles. The van der Waals surface area contributed by atoms with Crippen molar-refractivity contribution in [1.82, 2.24) is 9.97 Å². The van der Waals surface area contributed by atoms with Crippen molar-refractivity contribution < 1.29 is 8.42 Å². The fourth-order valence-electron chi connectivity index (χ4n) is 1.73. The zero-order valence-electron chi connectivity index (χ0n) is 12.2. The first-order valence-corrected chi connectivity index (χ1v) is 8.00. The average Bonchev–Trinajstić information content (AvgIpc) is 2.49. The number of aryl methyl sites for hydroxylation is 1. The van der Waals surface area contributed by atoms with Gasteiger partial charge in [-0.15, -0.1) is 0 Å². The third-order valence-corrected chi connectivity index (χ3v) is 4.19. The number of sulfonamides is 1. The first kappa shape index (κ1) is 15.9. The van der Waals surface area contributed by atoms with Gasteiger partial charge in [-0.2, -0.15) is 0 Å². The minimum Gasteiger partial charge on any atom is -0.307 e. The number of hydrogen-bond donors (Lipinski definition) is 3. The van der Waals surface area contributed by atoms with E-state index < -0.39 is 10.0 Å². The maximum atomic E-state index is 12.4. The van der Waals surface area contributed by atoms with Gasteiger partial charge < -0.3 is 5.43 Å². The molecule has 2 rings (SSSR count). The van der Waals surface area contributed by atoms with Crippen LogP contribution in [0.1, 0.15) is 18.2 Å². The lowest BCUT2D eigenvalue weighted by Crippen LogP contribution is -2.16. The van der Waals surface area contributed by atoms with Gasteiger partial charge in [-0.25, -0.2) is 24.2 Å². The Morgan fingerprint density at radius 3 is 2.50 bits per heavy atom. The maximum Gasteiger partial charge on any atom is 0.263 e. The SMILES string of the molecule is C/C=C\c1nc(NN)cnc1NS(=O)(=O)c1ccc(C)cc1. The van der Waals surface area contributed by atoms with E-state index in [2.05, 4.69) is 20.1 Å². The lowest BCUT2D eigenvalue weighted by atomic mass is 10.2. The van der Waals surface area contributed by atoms with Crippen molar-refractivity contribution in [3.63, 3.8) is 0 Å². The van der Waals surface area contributed by atoms with Gasteiger partial charge in [0.15, 0.2) is 11.6 Å². The molecular weight excluding hydrogens is 302 g/mol. The molecule has 116 valence electrons. The number of hydrogen-bond acceptors (Lipinski definition) is 6. The molecule has 0 radical (unpaired) electrons. The van der Waals surface area contributed by atoms with Crippen molar-refractivity contribution in [2.45, 2.75) is 18.7 Å². The summed E-state index contributed by atoms with van der Waals surface area (Å²) >= 11 is 0. The molecule has 8 heteroatoms. The fraction of sp³-hybridized carbons (Fsp3) is 0.143. The van der Waals surface area contributed by atoms with Crippen LogP contribution in [-0.2, 0) is 10.0 Å². The van der Waals surface area contributed by atoms with Gasteiger partial charge in [0.05, 0.1) is 11.1 Å². The first-order chi connectivity index (χ1) is 10.5. The highest BCUT2D eigenvalue weighted by Crippen LogP contribution is 2.19. The highest BCUT2D eigenvalue weighted by Gasteiger charge is 2.17. The lowest BCUT2D eigenvalue weighted by Gasteiger charge is -2.10. The molecule has 0 unspecified atom stereocenters. The van der Waals surface area contributed by atoms with Crippen LogP contribution in [0.5, 0.6) is 0 Å². The summed E-state index contributed by atoms with van der Waals surface area (Å²) in [5.74, 6) is 5.76. The molecule has 0 amide bonds. The molecule has 0 spiro atoms. The van der Waals surface area contributed by atoms with Crippen LogP contribution in [0.4, 0.5) is 11.6 Å². The zero-order valence-corrected chi connectivity index (χ0v) is 13.1. The second-order valence-corrected chi connectivity index (χ2v) is 6.23. The molecule has 1 aromatic heterocycles. The van der Waals surface area contributed by atoms with Crippen molar-refractivity contribution in [2.75, 3.05) is 10.1 Å². The summed E-state index contributed by atoms with van der Waals surface area (Å²) in [5.41, 5.74) is 3.72. The summed E-state index contributed by atoms with van der Waals surface area (Å²) in [6.07, 6.45) is 4.72. The molecule has 1 heterocycles. The largest absolute Gasteiger partial charge is 0.307 e. The van der Waals surface area contributed by atoms with Crippen molar-refractivity contribution in [3.8, 4) is 0 Å². The van der Waals surface area contributed by atoms with Crippen molar-refractivity contribution in [1.29, 1.82) is 0 Å². The predicted octanol–water partition coefficient (Wildman–Crippen LogP) is 1.90. The van der Waals surface area contributed by atoms with Crippen LogP contribution >= 0.6 is 0 Å². The van der Waals surface area contributed by atoms with Crippen LogP contribution in [0.25, 0.3) is 6.08 Å². The van der Waals surface area contributed by atoms with Crippen molar-refractivity contribution >= 4 is 27.7 Å². The van der Waals surface area contributed by atoms with Gasteiger partial charge in [0, 0.05) is 0 Å². The molecule has 0 saturated carbocycles. The second-order valence-electron chi connectivity index (χ2n) is 4.55. The van der Waals surface area contributed by atoms with E-state index in [1.54, 1.807) is 31.2 Å². The number of nitrogens with one attached hydrogen (secondary N) is 2. The third kappa shape index (κ3) is 3.60. The van der Waals surface area contributed by atoms with Crippen LogP contribution in [0.3, 0.4) is 0 Å². The number of nitrogens with zero attached hydrogens (tertiary/aromatic N) is 2. The number of allylic oxidation sites excluding steroid dienone is 1. The van der Waals surface area contributed by atoms with Gasteiger partial charge in [-0.1, -0.05) is 23.8 Å². The van der Waals surface area contributed by atoms with Crippen molar-refractivity contribution in [3.05, 3.63) is 47.8 Å². The summed E-state index contributed by atoms with van der Waals surface area (Å²) in [6, 6.07) is 6.54.